The molecule has 1 aliphatic heterocycles. The number of pyridine rings is 1. The molecular weight excluding hydrogens is 390 g/mol. The molecule has 148 valence electrons. The van der Waals surface area contributed by atoms with Crippen LogP contribution < -0.4 is 5.32 Å². The number of fused-ring (bicyclic) bond motifs is 1. The highest BCUT2D eigenvalue weighted by atomic mass is 32.1. The molecule has 1 saturated heterocycles. The van der Waals surface area contributed by atoms with Crippen molar-refractivity contribution in [3.63, 3.8) is 0 Å². The predicted molar refractivity (Wildman–Crippen MR) is 121 cm³/mol. The van der Waals surface area contributed by atoms with Crippen molar-refractivity contribution in [1.82, 2.24) is 14.9 Å². The van der Waals surface area contributed by atoms with E-state index in [1.807, 2.05) is 12.1 Å². The maximum atomic E-state index is 8.98. The van der Waals surface area contributed by atoms with Gasteiger partial charge >= 0.3 is 0 Å². The Morgan fingerprint density at radius 1 is 1.10 bits per heavy atom. The molecule has 3 heterocycles. The summed E-state index contributed by atoms with van der Waals surface area (Å²) in [5, 5.41) is 15.5. The third kappa shape index (κ3) is 3.90. The smallest absolute Gasteiger partial charge is 0.189 e. The van der Waals surface area contributed by atoms with Crippen molar-refractivity contribution in [2.75, 3.05) is 11.9 Å². The Labute approximate surface area is 179 Å². The molecule has 0 aliphatic carbocycles. The van der Waals surface area contributed by atoms with Gasteiger partial charge in [0.05, 0.1) is 17.9 Å². The third-order valence-corrected chi connectivity index (χ3v) is 6.34. The highest BCUT2D eigenvalue weighted by Gasteiger charge is 2.27. The van der Waals surface area contributed by atoms with Gasteiger partial charge in [0, 0.05) is 6.54 Å². The molecule has 1 atom stereocenters. The van der Waals surface area contributed by atoms with Crippen LogP contribution in [-0.4, -0.2) is 21.4 Å². The van der Waals surface area contributed by atoms with E-state index < -0.39 is 0 Å². The first-order chi connectivity index (χ1) is 14.8. The van der Waals surface area contributed by atoms with Crippen LogP contribution in [0.5, 0.6) is 0 Å². The summed E-state index contributed by atoms with van der Waals surface area (Å²) in [4.78, 5) is 12.2. The molecule has 0 radical (unpaired) electrons. The minimum absolute atomic E-state index is 0.309. The lowest BCUT2D eigenvalue weighted by Crippen LogP contribution is -2.23. The lowest BCUT2D eigenvalue weighted by atomic mass is 10.1. The van der Waals surface area contributed by atoms with Crippen LogP contribution in [-0.2, 0) is 6.54 Å². The molecule has 5 nitrogen and oxygen atoms in total. The summed E-state index contributed by atoms with van der Waals surface area (Å²) >= 11 is 1.34. The zero-order valence-electron chi connectivity index (χ0n) is 16.5. The van der Waals surface area contributed by atoms with Gasteiger partial charge in [-0.25, -0.2) is 9.97 Å². The van der Waals surface area contributed by atoms with E-state index in [2.05, 4.69) is 69.8 Å². The highest BCUT2D eigenvalue weighted by Crippen LogP contribution is 2.33. The molecule has 0 amide bonds. The van der Waals surface area contributed by atoms with Gasteiger partial charge in [-0.2, -0.15) is 5.26 Å². The normalized spacial score (nSPS) is 16.6. The number of aromatic nitrogens is 2. The molecule has 2 aromatic carbocycles. The summed E-state index contributed by atoms with van der Waals surface area (Å²) in [5.41, 5.74) is 2.41. The van der Waals surface area contributed by atoms with Crippen LogP contribution in [0.25, 0.3) is 10.8 Å². The Balaban J connectivity index is 1.34. The summed E-state index contributed by atoms with van der Waals surface area (Å²) in [6.45, 7) is 2.00. The number of anilines is 2. The number of nitrogens with zero attached hydrogens (tertiary/aromatic N) is 4. The zero-order valence-corrected chi connectivity index (χ0v) is 17.3. The average Bonchev–Trinajstić information content (AvgIpc) is 3.43. The molecule has 1 N–H and O–H groups in total. The summed E-state index contributed by atoms with van der Waals surface area (Å²) in [6.07, 6.45) is 3.87. The quantitative estimate of drug-likeness (QED) is 0.460. The van der Waals surface area contributed by atoms with Crippen LogP contribution >= 0.6 is 11.3 Å². The number of thiazole rings is 1. The van der Waals surface area contributed by atoms with Gasteiger partial charge in [-0.15, -0.1) is 0 Å². The molecule has 1 unspecified atom stereocenters. The molecule has 0 spiro atoms. The maximum Gasteiger partial charge on any atom is 0.189 e. The molecule has 0 bridgehead atoms. The zero-order chi connectivity index (χ0) is 20.3. The fourth-order valence-electron chi connectivity index (χ4n) is 4.12. The standard InChI is InChI=1S/C24H21N5S/c25-14-20-15-26-24(30-20)28-23-9-3-7-21(27-23)22-8-4-12-29(22)16-17-10-11-18-5-1-2-6-19(18)13-17/h1-3,5-7,9-11,13,15,22H,4,8,12,16H2,(H,26,27,28). The van der Waals surface area contributed by atoms with Gasteiger partial charge in [-0.05, 0) is 53.9 Å². The highest BCUT2D eigenvalue weighted by molar-refractivity contribution is 7.16. The first-order valence-corrected chi connectivity index (χ1v) is 10.9. The lowest BCUT2D eigenvalue weighted by Gasteiger charge is -2.24. The fourth-order valence-corrected chi connectivity index (χ4v) is 4.74. The van der Waals surface area contributed by atoms with E-state index in [1.54, 1.807) is 6.20 Å². The first-order valence-electron chi connectivity index (χ1n) is 10.1. The molecule has 1 fully saturated rings. The van der Waals surface area contributed by atoms with Crippen LogP contribution in [0.1, 0.15) is 35.0 Å². The van der Waals surface area contributed by atoms with Crippen LogP contribution in [0.15, 0.2) is 66.9 Å². The van der Waals surface area contributed by atoms with Crippen LogP contribution in [0.4, 0.5) is 10.9 Å². The van der Waals surface area contributed by atoms with Crippen LogP contribution in [0.2, 0.25) is 0 Å². The second-order valence-corrected chi connectivity index (χ2v) is 8.55. The molecule has 2 aromatic heterocycles. The van der Waals surface area contributed by atoms with Crippen LogP contribution in [0, 0.1) is 11.3 Å². The predicted octanol–water partition coefficient (Wildman–Crippen LogP) is 5.64. The number of likely N-dealkylation sites (tertiary alicyclic amines) is 1. The fraction of sp³-hybridized carbons (Fsp3) is 0.208. The number of nitrogens with one attached hydrogen (secondary N) is 1. The second-order valence-electron chi connectivity index (χ2n) is 7.52. The van der Waals surface area contributed by atoms with Crippen molar-refractivity contribution in [2.45, 2.75) is 25.4 Å². The van der Waals surface area contributed by atoms with Gasteiger partial charge < -0.3 is 5.32 Å². The van der Waals surface area contributed by atoms with Gasteiger partial charge in [-0.3, -0.25) is 4.90 Å². The van der Waals surface area contributed by atoms with E-state index in [4.69, 9.17) is 10.2 Å². The van der Waals surface area contributed by atoms with Crippen molar-refractivity contribution >= 4 is 33.1 Å². The Morgan fingerprint density at radius 2 is 2.00 bits per heavy atom. The number of benzene rings is 2. The molecule has 0 saturated carbocycles. The Hall–Kier alpha value is -3.27. The van der Waals surface area contributed by atoms with Gasteiger partial charge in [-0.1, -0.05) is 53.8 Å². The maximum absolute atomic E-state index is 8.98. The van der Waals surface area contributed by atoms with Crippen molar-refractivity contribution in [3.8, 4) is 6.07 Å². The Bertz CT molecular complexity index is 1230. The minimum Gasteiger partial charge on any atom is -0.316 e. The monoisotopic (exact) mass is 411 g/mol. The van der Waals surface area contributed by atoms with Gasteiger partial charge in [0.1, 0.15) is 16.8 Å². The van der Waals surface area contributed by atoms with Crippen LogP contribution in [0.3, 0.4) is 0 Å². The van der Waals surface area contributed by atoms with Crippen molar-refractivity contribution in [3.05, 3.63) is 83.0 Å². The third-order valence-electron chi connectivity index (χ3n) is 5.53. The number of rotatable bonds is 5. The van der Waals surface area contributed by atoms with E-state index in [0.29, 0.717) is 16.1 Å². The first kappa shape index (κ1) is 18.7. The summed E-state index contributed by atoms with van der Waals surface area (Å²) in [6, 6.07) is 23.8. The molecule has 1 aliphatic rings. The average molecular weight is 412 g/mol. The van der Waals surface area contributed by atoms with E-state index in [9.17, 15) is 0 Å². The largest absolute Gasteiger partial charge is 0.316 e. The topological polar surface area (TPSA) is 64.8 Å². The summed E-state index contributed by atoms with van der Waals surface area (Å²) in [7, 11) is 0. The summed E-state index contributed by atoms with van der Waals surface area (Å²) < 4.78 is 0. The second kappa shape index (κ2) is 8.23. The summed E-state index contributed by atoms with van der Waals surface area (Å²) in [5.74, 6) is 0.767. The lowest BCUT2D eigenvalue weighted by molar-refractivity contribution is 0.244. The van der Waals surface area contributed by atoms with E-state index in [0.717, 1.165) is 31.0 Å². The molecular formula is C24H21N5S. The Kier molecular flexibility index (Phi) is 5.14. The number of nitriles is 1. The van der Waals surface area contributed by atoms with Crippen molar-refractivity contribution < 1.29 is 0 Å². The van der Waals surface area contributed by atoms with E-state index in [-0.39, 0.29) is 0 Å². The van der Waals surface area contributed by atoms with Gasteiger partial charge in [0.15, 0.2) is 5.13 Å². The molecule has 5 rings (SSSR count). The molecule has 6 heteroatoms. The van der Waals surface area contributed by atoms with Gasteiger partial charge in [0.2, 0.25) is 0 Å². The number of hydrogen-bond acceptors (Lipinski definition) is 6. The van der Waals surface area contributed by atoms with E-state index in [1.165, 1.54) is 34.1 Å². The molecule has 30 heavy (non-hydrogen) atoms. The SMILES string of the molecule is N#Cc1cnc(Nc2cccc(C3CCCN3Cc3ccc4ccccc4c3)n2)s1. The van der Waals surface area contributed by atoms with Crippen molar-refractivity contribution in [1.29, 1.82) is 5.26 Å². The van der Waals surface area contributed by atoms with E-state index >= 15 is 0 Å². The Morgan fingerprint density at radius 3 is 2.87 bits per heavy atom. The minimum atomic E-state index is 0.309. The van der Waals surface area contributed by atoms with Gasteiger partial charge in [0.25, 0.3) is 0 Å². The van der Waals surface area contributed by atoms with Crippen molar-refractivity contribution in [2.24, 2.45) is 0 Å². The molecule has 4 aromatic rings. The number of hydrogen-bond donors (Lipinski definition) is 1.